The zero-order valence-corrected chi connectivity index (χ0v) is 11.5. The third-order valence-electron chi connectivity index (χ3n) is 2.51. The molecule has 1 amide bonds. The summed E-state index contributed by atoms with van der Waals surface area (Å²) in [6, 6.07) is 3.35. The number of para-hydroxylation sites is 1. The maximum atomic E-state index is 13.3. The lowest BCUT2D eigenvalue weighted by molar-refractivity contribution is -0.115. The Hall–Kier alpha value is -1.34. The van der Waals surface area contributed by atoms with Gasteiger partial charge in [0.05, 0.1) is 6.54 Å². The summed E-state index contributed by atoms with van der Waals surface area (Å²) in [5.41, 5.74) is -0.457. The van der Waals surface area contributed by atoms with Gasteiger partial charge in [-0.3, -0.25) is 9.00 Å². The van der Waals surface area contributed by atoms with Gasteiger partial charge in [0.2, 0.25) is 5.91 Å². The summed E-state index contributed by atoms with van der Waals surface area (Å²) in [7, 11) is -0.984. The van der Waals surface area contributed by atoms with E-state index in [1.54, 1.807) is 13.2 Å². The van der Waals surface area contributed by atoms with E-state index in [1.165, 1.54) is 6.07 Å². The van der Waals surface area contributed by atoms with Crippen LogP contribution in [-0.2, 0) is 15.6 Å². The molecular weight excluding hydrogens is 274 g/mol. The predicted octanol–water partition coefficient (Wildman–Crippen LogP) is 1.26. The lowest BCUT2D eigenvalue weighted by atomic mass is 10.3. The molecule has 2 atom stereocenters. The molecule has 2 N–H and O–H groups in total. The third-order valence-corrected chi connectivity index (χ3v) is 3.81. The third kappa shape index (κ3) is 5.04. The van der Waals surface area contributed by atoms with Gasteiger partial charge in [-0.05, 0) is 19.1 Å². The highest BCUT2D eigenvalue weighted by Gasteiger charge is 2.12. The maximum absolute atomic E-state index is 13.3. The van der Waals surface area contributed by atoms with E-state index < -0.39 is 34.0 Å². The molecule has 1 rings (SSSR count). The second-order valence-electron chi connectivity index (χ2n) is 4.08. The first-order valence-corrected chi connectivity index (χ1v) is 7.30. The van der Waals surface area contributed by atoms with Crippen molar-refractivity contribution < 1.29 is 17.8 Å². The van der Waals surface area contributed by atoms with Gasteiger partial charge in [-0.2, -0.15) is 0 Å². The van der Waals surface area contributed by atoms with Gasteiger partial charge in [0, 0.05) is 28.9 Å². The van der Waals surface area contributed by atoms with Crippen molar-refractivity contribution in [2.24, 2.45) is 0 Å². The first-order chi connectivity index (χ1) is 8.91. The highest BCUT2D eigenvalue weighted by atomic mass is 32.2. The fraction of sp³-hybridized carbons (Fsp3) is 0.417. The van der Waals surface area contributed by atoms with Crippen LogP contribution < -0.4 is 10.6 Å². The molecular formula is C12H16F2N2O2S. The van der Waals surface area contributed by atoms with Crippen LogP contribution in [0.5, 0.6) is 0 Å². The van der Waals surface area contributed by atoms with E-state index in [2.05, 4.69) is 10.6 Å². The van der Waals surface area contributed by atoms with Crippen LogP contribution in [0.1, 0.15) is 6.92 Å². The fourth-order valence-corrected chi connectivity index (χ4v) is 1.66. The van der Waals surface area contributed by atoms with E-state index in [0.29, 0.717) is 6.54 Å². The molecule has 0 aliphatic carbocycles. The summed E-state index contributed by atoms with van der Waals surface area (Å²) in [6.45, 7) is 2.06. The highest BCUT2D eigenvalue weighted by molar-refractivity contribution is 7.84. The van der Waals surface area contributed by atoms with Gasteiger partial charge >= 0.3 is 0 Å². The molecule has 19 heavy (non-hydrogen) atoms. The van der Waals surface area contributed by atoms with Gasteiger partial charge in [-0.15, -0.1) is 0 Å². The molecule has 1 aromatic carbocycles. The average Bonchev–Trinajstić information content (AvgIpc) is 2.33. The number of amides is 1. The van der Waals surface area contributed by atoms with Crippen LogP contribution in [0.25, 0.3) is 0 Å². The number of carbonyl (C=O) groups excluding carboxylic acids is 1. The predicted molar refractivity (Wildman–Crippen MR) is 71.4 cm³/mol. The largest absolute Gasteiger partial charge is 0.320 e. The van der Waals surface area contributed by atoms with E-state index in [-0.39, 0.29) is 11.8 Å². The van der Waals surface area contributed by atoms with Crippen molar-refractivity contribution in [3.8, 4) is 0 Å². The minimum atomic E-state index is -0.984. The Bertz CT molecular complexity index is 463. The summed E-state index contributed by atoms with van der Waals surface area (Å²) in [4.78, 5) is 11.5. The SMILES string of the molecule is CC(CNCC(=O)Nc1c(F)cccc1F)S(C)=O. The molecule has 0 heterocycles. The maximum Gasteiger partial charge on any atom is 0.238 e. The molecule has 4 nitrogen and oxygen atoms in total. The lowest BCUT2D eigenvalue weighted by Gasteiger charge is -2.11. The molecule has 0 fully saturated rings. The zero-order chi connectivity index (χ0) is 14.4. The van der Waals surface area contributed by atoms with Crippen molar-refractivity contribution in [1.82, 2.24) is 5.32 Å². The number of nitrogens with one attached hydrogen (secondary N) is 2. The monoisotopic (exact) mass is 290 g/mol. The molecule has 0 aromatic heterocycles. The van der Waals surface area contributed by atoms with E-state index in [9.17, 15) is 17.8 Å². The number of benzene rings is 1. The summed E-state index contributed by atoms with van der Waals surface area (Å²) in [6.07, 6.45) is 1.57. The topological polar surface area (TPSA) is 58.2 Å². The van der Waals surface area contributed by atoms with Crippen molar-refractivity contribution in [3.05, 3.63) is 29.8 Å². The van der Waals surface area contributed by atoms with Crippen molar-refractivity contribution in [2.75, 3.05) is 24.7 Å². The first-order valence-electron chi connectivity index (χ1n) is 5.68. The minimum Gasteiger partial charge on any atom is -0.320 e. The van der Waals surface area contributed by atoms with Gasteiger partial charge in [-0.25, -0.2) is 8.78 Å². The van der Waals surface area contributed by atoms with Gasteiger partial charge in [0.1, 0.15) is 17.3 Å². The zero-order valence-electron chi connectivity index (χ0n) is 10.7. The Morgan fingerprint density at radius 2 is 1.95 bits per heavy atom. The van der Waals surface area contributed by atoms with Crippen LogP contribution in [0.2, 0.25) is 0 Å². The molecule has 0 aliphatic rings. The van der Waals surface area contributed by atoms with Crippen molar-refractivity contribution in [1.29, 1.82) is 0 Å². The van der Waals surface area contributed by atoms with Gasteiger partial charge < -0.3 is 10.6 Å². The molecule has 2 unspecified atom stereocenters. The Morgan fingerprint density at radius 3 is 2.47 bits per heavy atom. The smallest absolute Gasteiger partial charge is 0.238 e. The fourth-order valence-electron chi connectivity index (χ4n) is 1.31. The molecule has 0 aliphatic heterocycles. The number of rotatable bonds is 6. The Morgan fingerprint density at radius 1 is 1.37 bits per heavy atom. The second kappa shape index (κ2) is 7.30. The molecule has 7 heteroatoms. The Labute approximate surface area is 113 Å². The van der Waals surface area contributed by atoms with E-state index >= 15 is 0 Å². The van der Waals surface area contributed by atoms with Gasteiger partial charge in [-0.1, -0.05) is 6.07 Å². The number of halogens is 2. The highest BCUT2D eigenvalue weighted by Crippen LogP contribution is 2.17. The Kier molecular flexibility index (Phi) is 6.04. The van der Waals surface area contributed by atoms with Crippen LogP contribution in [0.4, 0.5) is 14.5 Å². The number of anilines is 1. The molecule has 106 valence electrons. The molecule has 1 aromatic rings. The minimum absolute atomic E-state index is 0.0991. The van der Waals surface area contributed by atoms with E-state index in [0.717, 1.165) is 12.1 Å². The first kappa shape index (κ1) is 15.7. The van der Waals surface area contributed by atoms with E-state index in [4.69, 9.17) is 0 Å². The number of hydrogen-bond donors (Lipinski definition) is 2. The molecule has 0 spiro atoms. The van der Waals surface area contributed by atoms with Crippen molar-refractivity contribution in [3.63, 3.8) is 0 Å². The van der Waals surface area contributed by atoms with E-state index in [1.807, 2.05) is 0 Å². The van der Waals surface area contributed by atoms with Crippen molar-refractivity contribution in [2.45, 2.75) is 12.2 Å². The molecule has 0 radical (unpaired) electrons. The van der Waals surface area contributed by atoms with Crippen LogP contribution >= 0.6 is 0 Å². The second-order valence-corrected chi connectivity index (χ2v) is 5.89. The summed E-state index contributed by atoms with van der Waals surface area (Å²) in [5.74, 6) is -2.20. The van der Waals surface area contributed by atoms with Crippen LogP contribution in [0, 0.1) is 11.6 Å². The van der Waals surface area contributed by atoms with Crippen molar-refractivity contribution >= 4 is 22.4 Å². The quantitative estimate of drug-likeness (QED) is 0.829. The standard InChI is InChI=1S/C12H16F2N2O2S/c1-8(19(2)18)6-15-7-11(17)16-12-9(13)4-3-5-10(12)14/h3-5,8,15H,6-7H2,1-2H3,(H,16,17). The van der Waals surface area contributed by atoms with Gasteiger partial charge in [0.25, 0.3) is 0 Å². The molecule has 0 saturated heterocycles. The van der Waals surface area contributed by atoms with Gasteiger partial charge in [0.15, 0.2) is 0 Å². The van der Waals surface area contributed by atoms with Crippen LogP contribution in [-0.4, -0.2) is 34.7 Å². The number of carbonyl (C=O) groups is 1. The molecule has 0 saturated carbocycles. The summed E-state index contributed by atoms with van der Waals surface area (Å²) in [5, 5.41) is 4.83. The number of hydrogen-bond acceptors (Lipinski definition) is 3. The van der Waals surface area contributed by atoms with Crippen LogP contribution in [0.15, 0.2) is 18.2 Å². The lowest BCUT2D eigenvalue weighted by Crippen LogP contribution is -2.34. The van der Waals surface area contributed by atoms with Crippen LogP contribution in [0.3, 0.4) is 0 Å². The summed E-state index contributed by atoms with van der Waals surface area (Å²) >= 11 is 0. The normalized spacial score (nSPS) is 13.9. The average molecular weight is 290 g/mol. The summed E-state index contributed by atoms with van der Waals surface area (Å²) < 4.78 is 37.6. The Balaban J connectivity index is 2.46. The molecule has 0 bridgehead atoms.